The van der Waals surface area contributed by atoms with E-state index in [4.69, 9.17) is 0 Å². The molecule has 0 amide bonds. The maximum Gasteiger partial charge on any atom is 0.129 e. The number of hydrogen-bond donors (Lipinski definition) is 0. The Hall–Kier alpha value is -0.370. The lowest BCUT2D eigenvalue weighted by atomic mass is 10.1. The van der Waals surface area contributed by atoms with Crippen LogP contribution >= 0.6 is 0 Å². The van der Waals surface area contributed by atoms with Crippen LogP contribution < -0.4 is 0 Å². The second-order valence-electron chi connectivity index (χ2n) is 8.84. The van der Waals surface area contributed by atoms with Crippen LogP contribution in [0.2, 0.25) is 0 Å². The van der Waals surface area contributed by atoms with Crippen LogP contribution in [0.1, 0.15) is 124 Å². The van der Waals surface area contributed by atoms with Crippen LogP contribution in [-0.2, 0) is 4.79 Å². The number of nitrogens with zero attached hydrogens (tertiary/aromatic N) is 1. The highest BCUT2D eigenvalue weighted by Gasteiger charge is 2.20. The second-order valence-corrected chi connectivity index (χ2v) is 8.84. The van der Waals surface area contributed by atoms with E-state index in [2.05, 4.69) is 20.9 Å². The molecule has 0 fully saturated rings. The van der Waals surface area contributed by atoms with Crippen LogP contribution in [0.25, 0.3) is 0 Å². The number of ketones is 1. The van der Waals surface area contributed by atoms with Crippen molar-refractivity contribution in [3.8, 4) is 0 Å². The highest BCUT2D eigenvalue weighted by molar-refractivity contribution is 5.75. The van der Waals surface area contributed by atoms with E-state index in [9.17, 15) is 4.79 Å². The summed E-state index contributed by atoms with van der Waals surface area (Å²) in [5.41, 5.74) is 0. The number of carbonyl (C=O) groups excluding carboxylic acids is 1. The summed E-state index contributed by atoms with van der Waals surface area (Å²) in [6.45, 7) is 10.3. The molecule has 0 aromatic carbocycles. The van der Waals surface area contributed by atoms with Gasteiger partial charge in [-0.2, -0.15) is 0 Å². The van der Waals surface area contributed by atoms with Crippen molar-refractivity contribution in [2.75, 3.05) is 26.7 Å². The minimum absolute atomic E-state index is 0.349. The van der Waals surface area contributed by atoms with E-state index in [1.165, 1.54) is 114 Å². The van der Waals surface area contributed by atoms with Crippen molar-refractivity contribution < 1.29 is 9.28 Å². The fourth-order valence-corrected chi connectivity index (χ4v) is 3.93. The van der Waals surface area contributed by atoms with Crippen LogP contribution in [-0.4, -0.2) is 36.9 Å². The Morgan fingerprint density at radius 1 is 0.577 bits per heavy atom. The van der Waals surface area contributed by atoms with Crippen molar-refractivity contribution in [3.05, 3.63) is 0 Å². The zero-order valence-electron chi connectivity index (χ0n) is 18.8. The Balaban J connectivity index is 4.08. The fraction of sp³-hybridized carbons (Fsp3) is 0.958. The Kier molecular flexibility index (Phi) is 17.8. The molecule has 0 N–H and O–H groups in total. The smallest absolute Gasteiger partial charge is 0.129 e. The van der Waals surface area contributed by atoms with Gasteiger partial charge >= 0.3 is 0 Å². The zero-order valence-corrected chi connectivity index (χ0v) is 18.8. The van der Waals surface area contributed by atoms with E-state index in [0.717, 1.165) is 12.8 Å². The Bertz CT molecular complexity index is 297. The fourth-order valence-electron chi connectivity index (χ4n) is 3.93. The van der Waals surface area contributed by atoms with Crippen molar-refractivity contribution in [2.24, 2.45) is 0 Å². The number of rotatable bonds is 20. The predicted molar refractivity (Wildman–Crippen MR) is 117 cm³/mol. The first-order valence-corrected chi connectivity index (χ1v) is 11.9. The van der Waals surface area contributed by atoms with Gasteiger partial charge in [0.15, 0.2) is 0 Å². The lowest BCUT2D eigenvalue weighted by Gasteiger charge is -2.35. The average molecular weight is 369 g/mol. The standard InChI is InChI=1S/C24H50NO/c1-5-7-9-11-13-17-21-25(4,22-18-14-12-10-8-6-2)23-19-15-16-20-24(3)26/h5-23H2,1-4H3/q+1. The molecule has 0 saturated carbocycles. The number of carbonyl (C=O) groups is 1. The number of quaternary nitrogens is 1. The summed E-state index contributed by atoms with van der Waals surface area (Å²) in [6, 6.07) is 0. The molecule has 0 saturated heterocycles. The first-order valence-electron chi connectivity index (χ1n) is 11.9. The Labute approximate surface area is 165 Å². The Morgan fingerprint density at radius 3 is 1.31 bits per heavy atom. The molecule has 2 nitrogen and oxygen atoms in total. The van der Waals surface area contributed by atoms with Gasteiger partial charge in [-0.1, -0.05) is 65.2 Å². The molecule has 0 heterocycles. The first-order chi connectivity index (χ1) is 12.5. The van der Waals surface area contributed by atoms with Crippen molar-refractivity contribution in [1.82, 2.24) is 0 Å². The molecule has 0 aromatic rings. The van der Waals surface area contributed by atoms with E-state index in [-0.39, 0.29) is 0 Å². The summed E-state index contributed by atoms with van der Waals surface area (Å²) < 4.78 is 1.27. The van der Waals surface area contributed by atoms with Crippen LogP contribution in [0, 0.1) is 0 Å². The van der Waals surface area contributed by atoms with Gasteiger partial charge in [0.25, 0.3) is 0 Å². The molecule has 0 aliphatic carbocycles. The van der Waals surface area contributed by atoms with Crippen LogP contribution in [0.15, 0.2) is 0 Å². The highest BCUT2D eigenvalue weighted by atomic mass is 16.1. The summed E-state index contributed by atoms with van der Waals surface area (Å²) in [6.07, 6.45) is 21.1. The number of hydrogen-bond acceptors (Lipinski definition) is 1. The lowest BCUT2D eigenvalue weighted by molar-refractivity contribution is -0.910. The van der Waals surface area contributed by atoms with Crippen molar-refractivity contribution in [3.63, 3.8) is 0 Å². The van der Waals surface area contributed by atoms with Gasteiger partial charge in [-0.05, 0) is 51.9 Å². The van der Waals surface area contributed by atoms with Gasteiger partial charge < -0.3 is 9.28 Å². The molecule has 0 atom stereocenters. The van der Waals surface area contributed by atoms with Crippen LogP contribution in [0.3, 0.4) is 0 Å². The first kappa shape index (κ1) is 25.6. The van der Waals surface area contributed by atoms with Crippen LogP contribution in [0.4, 0.5) is 0 Å². The zero-order chi connectivity index (χ0) is 19.5. The van der Waals surface area contributed by atoms with Gasteiger partial charge in [-0.15, -0.1) is 0 Å². The van der Waals surface area contributed by atoms with Gasteiger partial charge in [-0.3, -0.25) is 0 Å². The van der Waals surface area contributed by atoms with Crippen LogP contribution in [0.5, 0.6) is 0 Å². The lowest BCUT2D eigenvalue weighted by Crippen LogP contribution is -2.46. The SMILES string of the molecule is CCCCCCCC[N+](C)(CCCCCCCC)CCCCCC(C)=O. The minimum atomic E-state index is 0.349. The minimum Gasteiger partial charge on any atom is -0.326 e. The maximum absolute atomic E-state index is 11.1. The summed E-state index contributed by atoms with van der Waals surface area (Å²) in [5.74, 6) is 0.349. The van der Waals surface area contributed by atoms with Gasteiger partial charge in [0, 0.05) is 6.42 Å². The molecule has 0 aromatic heterocycles. The average Bonchev–Trinajstić information content (AvgIpc) is 2.60. The molecule has 156 valence electrons. The quantitative estimate of drug-likeness (QED) is 0.163. The molecule has 0 bridgehead atoms. The monoisotopic (exact) mass is 368 g/mol. The molecule has 0 radical (unpaired) electrons. The molecule has 0 aliphatic rings. The van der Waals surface area contributed by atoms with E-state index < -0.39 is 0 Å². The topological polar surface area (TPSA) is 17.1 Å². The summed E-state index contributed by atoms with van der Waals surface area (Å²) >= 11 is 0. The molecule has 2 heteroatoms. The second kappa shape index (κ2) is 18.0. The molecule has 0 spiro atoms. The molecule has 0 aliphatic heterocycles. The van der Waals surface area contributed by atoms with E-state index in [0.29, 0.717) is 5.78 Å². The molecule has 0 unspecified atom stereocenters. The maximum atomic E-state index is 11.1. The summed E-state index contributed by atoms with van der Waals surface area (Å²) in [4.78, 5) is 11.1. The number of Topliss-reactive ketones (excluding diaryl/α,β-unsaturated/α-hetero) is 1. The summed E-state index contributed by atoms with van der Waals surface area (Å²) in [5, 5.41) is 0. The Morgan fingerprint density at radius 2 is 0.923 bits per heavy atom. The largest absolute Gasteiger partial charge is 0.326 e. The van der Waals surface area contributed by atoms with Crippen molar-refractivity contribution in [1.29, 1.82) is 0 Å². The highest BCUT2D eigenvalue weighted by Crippen LogP contribution is 2.15. The van der Waals surface area contributed by atoms with E-state index in [1.807, 2.05) is 0 Å². The van der Waals surface area contributed by atoms with Gasteiger partial charge in [0.05, 0.1) is 26.7 Å². The molecular formula is C24H50NO+. The third-order valence-corrected chi connectivity index (χ3v) is 5.83. The number of unbranched alkanes of at least 4 members (excludes halogenated alkanes) is 12. The van der Waals surface area contributed by atoms with E-state index in [1.54, 1.807) is 6.92 Å². The van der Waals surface area contributed by atoms with Gasteiger partial charge in [0.1, 0.15) is 5.78 Å². The molecule has 0 rings (SSSR count). The normalized spacial score (nSPS) is 11.8. The van der Waals surface area contributed by atoms with Gasteiger partial charge in [0.2, 0.25) is 0 Å². The van der Waals surface area contributed by atoms with E-state index >= 15 is 0 Å². The van der Waals surface area contributed by atoms with Crippen molar-refractivity contribution >= 4 is 5.78 Å². The van der Waals surface area contributed by atoms with Gasteiger partial charge in [-0.25, -0.2) is 0 Å². The van der Waals surface area contributed by atoms with Crippen molar-refractivity contribution in [2.45, 2.75) is 124 Å². The molecular weight excluding hydrogens is 318 g/mol. The molecule has 26 heavy (non-hydrogen) atoms. The summed E-state index contributed by atoms with van der Waals surface area (Å²) in [7, 11) is 2.49. The third kappa shape index (κ3) is 17.1. The predicted octanol–water partition coefficient (Wildman–Crippen LogP) is 7.30. The third-order valence-electron chi connectivity index (χ3n) is 5.83.